The van der Waals surface area contributed by atoms with Gasteiger partial charge in [-0.05, 0) is 31.2 Å². The molecular formula is C18H20N2O4. The number of amides is 1. The summed E-state index contributed by atoms with van der Waals surface area (Å²) < 4.78 is 17.4. The average molecular weight is 328 g/mol. The number of hydrogen-bond acceptors (Lipinski definition) is 5. The second kappa shape index (κ2) is 5.94. The minimum atomic E-state index is -0.289. The molecule has 0 unspecified atom stereocenters. The lowest BCUT2D eigenvalue weighted by atomic mass is 9.84. The Morgan fingerprint density at radius 3 is 2.96 bits per heavy atom. The Labute approximate surface area is 140 Å². The van der Waals surface area contributed by atoms with E-state index in [2.05, 4.69) is 4.98 Å². The highest BCUT2D eigenvalue weighted by atomic mass is 16.5. The Hall–Kier alpha value is -2.34. The summed E-state index contributed by atoms with van der Waals surface area (Å²) in [5.41, 5.74) is -0.289. The maximum Gasteiger partial charge on any atom is 0.289 e. The number of rotatable bonds is 3. The molecule has 2 saturated heterocycles. The topological polar surface area (TPSA) is 64.8 Å². The van der Waals surface area contributed by atoms with E-state index in [1.807, 2.05) is 19.1 Å². The number of furan rings is 1. The van der Waals surface area contributed by atoms with Crippen LogP contribution in [-0.4, -0.2) is 47.2 Å². The zero-order valence-corrected chi connectivity index (χ0v) is 13.6. The van der Waals surface area contributed by atoms with Gasteiger partial charge in [0.15, 0.2) is 5.76 Å². The lowest BCUT2D eigenvalue weighted by molar-refractivity contribution is -0.174. The average Bonchev–Trinajstić information content (AvgIpc) is 3.00. The van der Waals surface area contributed by atoms with E-state index in [4.69, 9.17) is 13.9 Å². The van der Waals surface area contributed by atoms with Crippen molar-refractivity contribution < 1.29 is 18.7 Å². The van der Waals surface area contributed by atoms with Crippen LogP contribution in [0.1, 0.15) is 29.2 Å². The molecule has 2 aliphatic heterocycles. The third-order valence-electron chi connectivity index (χ3n) is 4.58. The maximum absolute atomic E-state index is 12.4. The van der Waals surface area contributed by atoms with Crippen LogP contribution in [0.5, 0.6) is 5.75 Å². The van der Waals surface area contributed by atoms with Crippen LogP contribution in [0.4, 0.5) is 0 Å². The van der Waals surface area contributed by atoms with E-state index in [1.54, 1.807) is 29.4 Å². The van der Waals surface area contributed by atoms with Gasteiger partial charge in [0, 0.05) is 19.0 Å². The van der Waals surface area contributed by atoms with E-state index in [9.17, 15) is 4.79 Å². The maximum atomic E-state index is 12.4. The van der Waals surface area contributed by atoms with Crippen molar-refractivity contribution in [1.82, 2.24) is 9.88 Å². The van der Waals surface area contributed by atoms with Gasteiger partial charge in [0.1, 0.15) is 23.2 Å². The van der Waals surface area contributed by atoms with Gasteiger partial charge < -0.3 is 18.8 Å². The summed E-state index contributed by atoms with van der Waals surface area (Å²) in [6, 6.07) is 7.29. The number of carbonyl (C=O) groups excluding carboxylic acids is 1. The van der Waals surface area contributed by atoms with E-state index in [0.717, 1.165) is 24.4 Å². The minimum absolute atomic E-state index is 0.0763. The highest BCUT2D eigenvalue weighted by Gasteiger charge is 2.50. The van der Waals surface area contributed by atoms with Crippen LogP contribution in [-0.2, 0) is 4.74 Å². The van der Waals surface area contributed by atoms with E-state index in [0.29, 0.717) is 25.5 Å². The summed E-state index contributed by atoms with van der Waals surface area (Å²) in [7, 11) is 0. The van der Waals surface area contributed by atoms with Crippen molar-refractivity contribution in [2.24, 2.45) is 0 Å². The highest BCUT2D eigenvalue weighted by Crippen LogP contribution is 2.36. The van der Waals surface area contributed by atoms with E-state index < -0.39 is 0 Å². The van der Waals surface area contributed by atoms with Crippen LogP contribution in [0.25, 0.3) is 0 Å². The first-order chi connectivity index (χ1) is 11.6. The Morgan fingerprint density at radius 1 is 1.38 bits per heavy atom. The number of aryl methyl sites for hydroxylation is 1. The first-order valence-corrected chi connectivity index (χ1v) is 8.20. The first kappa shape index (κ1) is 15.2. The summed E-state index contributed by atoms with van der Waals surface area (Å²) in [6.45, 7) is 3.64. The summed E-state index contributed by atoms with van der Waals surface area (Å²) >= 11 is 0. The van der Waals surface area contributed by atoms with Crippen LogP contribution >= 0.6 is 0 Å². The van der Waals surface area contributed by atoms with E-state index in [-0.39, 0.29) is 17.6 Å². The number of nitrogens with zero attached hydrogens (tertiary/aromatic N) is 2. The third kappa shape index (κ3) is 2.89. The summed E-state index contributed by atoms with van der Waals surface area (Å²) in [6.07, 6.45) is 5.17. The first-order valence-electron chi connectivity index (χ1n) is 8.20. The van der Waals surface area contributed by atoms with Crippen LogP contribution in [0.15, 0.2) is 41.1 Å². The van der Waals surface area contributed by atoms with Gasteiger partial charge in [0.05, 0.1) is 25.9 Å². The second-order valence-electron chi connectivity index (χ2n) is 6.52. The van der Waals surface area contributed by atoms with Crippen LogP contribution in [0.2, 0.25) is 0 Å². The third-order valence-corrected chi connectivity index (χ3v) is 4.58. The predicted octanol–water partition coefficient (Wildman–Crippen LogP) is 2.44. The van der Waals surface area contributed by atoms with Gasteiger partial charge in [-0.15, -0.1) is 0 Å². The molecule has 2 aliphatic rings. The van der Waals surface area contributed by atoms with Gasteiger partial charge in [0.25, 0.3) is 5.91 Å². The molecule has 4 rings (SSSR count). The number of carbonyl (C=O) groups is 1. The molecule has 0 aliphatic carbocycles. The molecule has 6 heteroatoms. The van der Waals surface area contributed by atoms with Crippen LogP contribution in [0, 0.1) is 6.92 Å². The van der Waals surface area contributed by atoms with Crippen molar-refractivity contribution >= 4 is 5.91 Å². The van der Waals surface area contributed by atoms with Crippen molar-refractivity contribution in [1.29, 1.82) is 0 Å². The van der Waals surface area contributed by atoms with Crippen molar-refractivity contribution in [3.63, 3.8) is 0 Å². The SMILES string of the molecule is Cc1ccc(C(=O)N2CC3(C[C@@H](Oc4cccnc4)CCO3)C2)o1. The zero-order valence-electron chi connectivity index (χ0n) is 13.6. The quantitative estimate of drug-likeness (QED) is 0.866. The highest BCUT2D eigenvalue weighted by molar-refractivity contribution is 5.92. The molecule has 24 heavy (non-hydrogen) atoms. The second-order valence-corrected chi connectivity index (χ2v) is 6.52. The normalized spacial score (nSPS) is 22.2. The minimum Gasteiger partial charge on any atom is -0.489 e. The smallest absolute Gasteiger partial charge is 0.289 e. The number of hydrogen-bond donors (Lipinski definition) is 0. The van der Waals surface area contributed by atoms with Crippen LogP contribution in [0.3, 0.4) is 0 Å². The van der Waals surface area contributed by atoms with E-state index >= 15 is 0 Å². The fourth-order valence-electron chi connectivity index (χ4n) is 3.41. The van der Waals surface area contributed by atoms with Gasteiger partial charge in [-0.25, -0.2) is 0 Å². The number of likely N-dealkylation sites (tertiary alicyclic amines) is 1. The molecule has 2 aromatic heterocycles. The standard InChI is InChI=1S/C18H20N2O4/c1-13-4-5-16(23-13)17(21)20-11-18(12-20)9-14(6-8-22-18)24-15-3-2-7-19-10-15/h2-5,7,10,14H,6,8-9,11-12H2,1H3/t14-/m0/s1. The fraction of sp³-hybridized carbons (Fsp3) is 0.444. The molecule has 2 aromatic rings. The fourth-order valence-corrected chi connectivity index (χ4v) is 3.41. The molecule has 1 spiro atoms. The number of pyridine rings is 1. The van der Waals surface area contributed by atoms with E-state index in [1.165, 1.54) is 0 Å². The Kier molecular flexibility index (Phi) is 3.76. The van der Waals surface area contributed by atoms with Gasteiger partial charge >= 0.3 is 0 Å². The van der Waals surface area contributed by atoms with Crippen molar-refractivity contribution in [2.45, 2.75) is 31.5 Å². The molecule has 1 atom stereocenters. The number of ether oxygens (including phenoxy) is 2. The van der Waals surface area contributed by atoms with Gasteiger partial charge in [-0.1, -0.05) is 0 Å². The predicted molar refractivity (Wildman–Crippen MR) is 85.9 cm³/mol. The molecule has 0 N–H and O–H groups in total. The van der Waals surface area contributed by atoms with Crippen LogP contribution < -0.4 is 4.74 Å². The van der Waals surface area contributed by atoms with Gasteiger partial charge in [0.2, 0.25) is 0 Å². The Balaban J connectivity index is 1.36. The molecule has 6 nitrogen and oxygen atoms in total. The van der Waals surface area contributed by atoms with Crippen molar-refractivity contribution in [3.8, 4) is 5.75 Å². The number of aromatic nitrogens is 1. The molecule has 1 amide bonds. The molecule has 0 bridgehead atoms. The molecular weight excluding hydrogens is 308 g/mol. The van der Waals surface area contributed by atoms with Gasteiger partial charge in [-0.3, -0.25) is 9.78 Å². The van der Waals surface area contributed by atoms with Gasteiger partial charge in [-0.2, -0.15) is 0 Å². The summed E-state index contributed by atoms with van der Waals surface area (Å²) in [5.74, 6) is 1.83. The molecule has 0 radical (unpaired) electrons. The molecule has 4 heterocycles. The summed E-state index contributed by atoms with van der Waals surface area (Å²) in [4.78, 5) is 18.2. The molecule has 0 saturated carbocycles. The lowest BCUT2D eigenvalue weighted by Crippen LogP contribution is -2.67. The molecule has 126 valence electrons. The summed E-state index contributed by atoms with van der Waals surface area (Å²) in [5, 5.41) is 0. The monoisotopic (exact) mass is 328 g/mol. The molecule has 2 fully saturated rings. The molecule has 0 aromatic carbocycles. The largest absolute Gasteiger partial charge is 0.489 e. The Morgan fingerprint density at radius 2 is 2.25 bits per heavy atom. The van der Waals surface area contributed by atoms with Crippen molar-refractivity contribution in [2.75, 3.05) is 19.7 Å². The zero-order chi connectivity index (χ0) is 16.6. The lowest BCUT2D eigenvalue weighted by Gasteiger charge is -2.52. The van der Waals surface area contributed by atoms with Crippen molar-refractivity contribution in [3.05, 3.63) is 48.2 Å². The Bertz CT molecular complexity index is 722.